The molecule has 0 amide bonds. The molecule has 1 fully saturated rings. The van der Waals surface area contributed by atoms with Gasteiger partial charge in [-0.2, -0.15) is 0 Å². The van der Waals surface area contributed by atoms with E-state index in [1.54, 1.807) is 18.4 Å². The number of hydrogen-bond donors (Lipinski definition) is 1. The zero-order chi connectivity index (χ0) is 13.2. The molecule has 3 rings (SSSR count). The summed E-state index contributed by atoms with van der Waals surface area (Å²) >= 11 is 1.75. The van der Waals surface area contributed by atoms with E-state index in [0.29, 0.717) is 6.04 Å². The van der Waals surface area contributed by atoms with Crippen molar-refractivity contribution in [2.24, 2.45) is 5.73 Å². The van der Waals surface area contributed by atoms with Gasteiger partial charge in [-0.1, -0.05) is 0 Å². The van der Waals surface area contributed by atoms with E-state index < -0.39 is 0 Å². The molecule has 20 heavy (non-hydrogen) atoms. The Bertz CT molecular complexity index is 575. The molecule has 2 heterocycles. The van der Waals surface area contributed by atoms with Crippen LogP contribution in [0.2, 0.25) is 0 Å². The number of likely N-dealkylation sites (tertiary alicyclic amines) is 1. The molecule has 1 saturated heterocycles. The molecule has 1 aromatic carbocycles. The molecular formula is C14H20ClN3OS. The van der Waals surface area contributed by atoms with Crippen LogP contribution < -0.4 is 10.5 Å². The Hall–Kier alpha value is -0.880. The normalized spacial score (nSPS) is 19.2. The average Bonchev–Trinajstić information content (AvgIpc) is 3.03. The number of halogens is 1. The fourth-order valence-corrected chi connectivity index (χ4v) is 3.71. The molecule has 1 unspecified atom stereocenters. The van der Waals surface area contributed by atoms with Gasteiger partial charge in [-0.05, 0) is 37.6 Å². The highest BCUT2D eigenvalue weighted by Gasteiger charge is 2.24. The van der Waals surface area contributed by atoms with Gasteiger partial charge in [0, 0.05) is 12.6 Å². The smallest absolute Gasteiger partial charge is 0.120 e. The maximum atomic E-state index is 5.82. The average molecular weight is 314 g/mol. The molecule has 0 radical (unpaired) electrons. The maximum absolute atomic E-state index is 5.82. The van der Waals surface area contributed by atoms with Gasteiger partial charge in [0.25, 0.3) is 0 Å². The minimum atomic E-state index is 0. The van der Waals surface area contributed by atoms with Gasteiger partial charge in [-0.25, -0.2) is 4.98 Å². The van der Waals surface area contributed by atoms with Crippen molar-refractivity contribution in [1.29, 1.82) is 0 Å². The van der Waals surface area contributed by atoms with E-state index in [2.05, 4.69) is 11.0 Å². The second-order valence-electron chi connectivity index (χ2n) is 4.94. The van der Waals surface area contributed by atoms with E-state index >= 15 is 0 Å². The zero-order valence-electron chi connectivity index (χ0n) is 11.5. The van der Waals surface area contributed by atoms with Crippen LogP contribution in [0.4, 0.5) is 0 Å². The van der Waals surface area contributed by atoms with Gasteiger partial charge < -0.3 is 10.5 Å². The van der Waals surface area contributed by atoms with Gasteiger partial charge in [0.15, 0.2) is 0 Å². The topological polar surface area (TPSA) is 51.4 Å². The summed E-state index contributed by atoms with van der Waals surface area (Å²) in [5.41, 5.74) is 6.88. The van der Waals surface area contributed by atoms with E-state index in [9.17, 15) is 0 Å². The van der Waals surface area contributed by atoms with Crippen molar-refractivity contribution in [2.75, 3.05) is 20.2 Å². The second kappa shape index (κ2) is 6.72. The molecule has 2 N–H and O–H groups in total. The number of hydrogen-bond acceptors (Lipinski definition) is 5. The molecule has 1 aliphatic heterocycles. The fourth-order valence-electron chi connectivity index (χ4n) is 2.69. The third-order valence-electron chi connectivity index (χ3n) is 3.75. The first-order valence-corrected chi connectivity index (χ1v) is 7.49. The standard InChI is InChI=1S/C14H19N3OS.ClH/c1-18-11-4-5-12-13(7-11)19-14(16-12)9-17-6-2-3-10(17)8-15;/h4-5,7,10H,2-3,6,8-9,15H2,1H3;1H. The summed E-state index contributed by atoms with van der Waals surface area (Å²) in [4.78, 5) is 7.15. The van der Waals surface area contributed by atoms with Crippen LogP contribution in [-0.2, 0) is 6.54 Å². The van der Waals surface area contributed by atoms with Crippen molar-refractivity contribution in [3.63, 3.8) is 0 Å². The van der Waals surface area contributed by atoms with Crippen LogP contribution >= 0.6 is 23.7 Å². The molecule has 0 bridgehead atoms. The number of nitrogens with zero attached hydrogens (tertiary/aromatic N) is 2. The van der Waals surface area contributed by atoms with Crippen molar-refractivity contribution in [1.82, 2.24) is 9.88 Å². The summed E-state index contributed by atoms with van der Waals surface area (Å²) in [6, 6.07) is 6.57. The monoisotopic (exact) mass is 313 g/mol. The van der Waals surface area contributed by atoms with Crippen LogP contribution in [0.3, 0.4) is 0 Å². The SMILES string of the molecule is COc1ccc2nc(CN3CCCC3CN)sc2c1.Cl. The number of ether oxygens (including phenoxy) is 1. The Labute approximate surface area is 129 Å². The number of fused-ring (bicyclic) bond motifs is 1. The largest absolute Gasteiger partial charge is 0.497 e. The molecule has 1 aliphatic rings. The molecule has 110 valence electrons. The first-order valence-electron chi connectivity index (χ1n) is 6.67. The Kier molecular flexibility index (Phi) is 5.21. The summed E-state index contributed by atoms with van der Waals surface area (Å²) in [6.45, 7) is 2.81. The predicted octanol–water partition coefficient (Wildman–Crippen LogP) is 2.65. The van der Waals surface area contributed by atoms with Crippen LogP contribution in [0.25, 0.3) is 10.2 Å². The van der Waals surface area contributed by atoms with E-state index in [0.717, 1.165) is 30.9 Å². The van der Waals surface area contributed by atoms with Crippen LogP contribution in [0, 0.1) is 0 Å². The van der Waals surface area contributed by atoms with E-state index in [-0.39, 0.29) is 12.4 Å². The van der Waals surface area contributed by atoms with E-state index in [1.807, 2.05) is 12.1 Å². The highest BCUT2D eigenvalue weighted by atomic mass is 35.5. The first-order chi connectivity index (χ1) is 9.30. The number of aromatic nitrogens is 1. The minimum absolute atomic E-state index is 0. The molecule has 0 aliphatic carbocycles. The fraction of sp³-hybridized carbons (Fsp3) is 0.500. The van der Waals surface area contributed by atoms with Crippen LogP contribution in [-0.4, -0.2) is 36.1 Å². The van der Waals surface area contributed by atoms with Gasteiger partial charge in [0.05, 0.1) is 23.9 Å². The summed E-state index contributed by atoms with van der Waals surface area (Å²) < 4.78 is 6.44. The molecule has 1 atom stereocenters. The highest BCUT2D eigenvalue weighted by Crippen LogP contribution is 2.28. The van der Waals surface area contributed by atoms with Crippen molar-refractivity contribution in [3.05, 3.63) is 23.2 Å². The van der Waals surface area contributed by atoms with Gasteiger partial charge in [0.1, 0.15) is 10.8 Å². The number of nitrogens with two attached hydrogens (primary N) is 1. The summed E-state index contributed by atoms with van der Waals surface area (Å²) in [5, 5.41) is 1.17. The van der Waals surface area contributed by atoms with Gasteiger partial charge in [0.2, 0.25) is 0 Å². The van der Waals surface area contributed by atoms with Crippen molar-refractivity contribution < 1.29 is 4.74 Å². The van der Waals surface area contributed by atoms with Gasteiger partial charge >= 0.3 is 0 Å². The quantitative estimate of drug-likeness (QED) is 0.943. The lowest BCUT2D eigenvalue weighted by molar-refractivity contribution is 0.250. The third kappa shape index (κ3) is 3.06. The molecule has 0 saturated carbocycles. The lowest BCUT2D eigenvalue weighted by Crippen LogP contribution is -2.34. The maximum Gasteiger partial charge on any atom is 0.120 e. The van der Waals surface area contributed by atoms with Crippen molar-refractivity contribution >= 4 is 34.0 Å². The Morgan fingerprint density at radius 3 is 3.10 bits per heavy atom. The van der Waals surface area contributed by atoms with Crippen LogP contribution in [0.15, 0.2) is 18.2 Å². The minimum Gasteiger partial charge on any atom is -0.497 e. The van der Waals surface area contributed by atoms with Crippen molar-refractivity contribution in [2.45, 2.75) is 25.4 Å². The van der Waals surface area contributed by atoms with Gasteiger partial charge in [-0.15, -0.1) is 23.7 Å². The van der Waals surface area contributed by atoms with E-state index in [4.69, 9.17) is 15.5 Å². The molecule has 2 aromatic rings. The number of methoxy groups -OCH3 is 1. The van der Waals surface area contributed by atoms with E-state index in [1.165, 1.54) is 22.5 Å². The molecule has 4 nitrogen and oxygen atoms in total. The zero-order valence-corrected chi connectivity index (χ0v) is 13.2. The third-order valence-corrected chi connectivity index (χ3v) is 4.75. The molecule has 1 aromatic heterocycles. The first kappa shape index (κ1) is 15.5. The number of thiazole rings is 1. The number of rotatable bonds is 4. The van der Waals surface area contributed by atoms with Crippen LogP contribution in [0.5, 0.6) is 5.75 Å². The Morgan fingerprint density at radius 2 is 2.35 bits per heavy atom. The number of benzene rings is 1. The summed E-state index contributed by atoms with van der Waals surface area (Å²) in [6.07, 6.45) is 2.47. The van der Waals surface area contributed by atoms with Crippen molar-refractivity contribution in [3.8, 4) is 5.75 Å². The second-order valence-corrected chi connectivity index (χ2v) is 6.06. The Balaban J connectivity index is 0.00000147. The highest BCUT2D eigenvalue weighted by molar-refractivity contribution is 7.18. The molecule has 0 spiro atoms. The molecule has 6 heteroatoms. The Morgan fingerprint density at radius 1 is 1.50 bits per heavy atom. The molecular weight excluding hydrogens is 294 g/mol. The predicted molar refractivity (Wildman–Crippen MR) is 85.9 cm³/mol. The van der Waals surface area contributed by atoms with Gasteiger partial charge in [-0.3, -0.25) is 4.90 Å². The lowest BCUT2D eigenvalue weighted by atomic mass is 10.2. The summed E-state index contributed by atoms with van der Waals surface area (Å²) in [5.74, 6) is 0.892. The lowest BCUT2D eigenvalue weighted by Gasteiger charge is -2.21. The van der Waals surface area contributed by atoms with Crippen LogP contribution in [0.1, 0.15) is 17.8 Å². The summed E-state index contributed by atoms with van der Waals surface area (Å²) in [7, 11) is 1.69.